The monoisotopic (exact) mass is 594 g/mol. The van der Waals surface area contributed by atoms with Crippen molar-refractivity contribution in [2.45, 2.75) is 95.0 Å². The number of hydrogen-bond donors (Lipinski definition) is 3. The van der Waals surface area contributed by atoms with E-state index in [1.54, 1.807) is 49.8 Å². The molecular formula is C29H38N8O6. The molecule has 2 aromatic rings. The highest BCUT2D eigenvalue weighted by Gasteiger charge is 2.61. The molecule has 4 heterocycles. The summed E-state index contributed by atoms with van der Waals surface area (Å²) in [5, 5.41) is 27.7. The molecule has 2 aromatic heterocycles. The lowest BCUT2D eigenvalue weighted by Gasteiger charge is -2.30. The van der Waals surface area contributed by atoms with Gasteiger partial charge in [-0.05, 0) is 69.0 Å². The van der Waals surface area contributed by atoms with Crippen LogP contribution in [0.15, 0.2) is 36.5 Å². The molecule has 3 aliphatic rings. The first-order valence-corrected chi connectivity index (χ1v) is 14.7. The molecule has 1 saturated heterocycles. The number of amides is 3. The van der Waals surface area contributed by atoms with E-state index in [-0.39, 0.29) is 25.3 Å². The van der Waals surface area contributed by atoms with E-state index < -0.39 is 53.1 Å². The second-order valence-corrected chi connectivity index (χ2v) is 12.4. The average molecular weight is 595 g/mol. The Morgan fingerprint density at radius 3 is 2.72 bits per heavy atom. The van der Waals surface area contributed by atoms with Crippen LogP contribution in [0.4, 0.5) is 4.79 Å². The predicted octanol–water partition coefficient (Wildman–Crippen LogP) is 2.25. The maximum Gasteiger partial charge on any atom is 0.408 e. The van der Waals surface area contributed by atoms with Crippen molar-refractivity contribution in [3.05, 3.63) is 36.5 Å². The lowest BCUT2D eigenvalue weighted by atomic mass is 10.0. The molecule has 43 heavy (non-hydrogen) atoms. The van der Waals surface area contributed by atoms with Crippen molar-refractivity contribution < 1.29 is 29.0 Å². The highest BCUT2D eigenvalue weighted by Crippen LogP contribution is 2.45. The van der Waals surface area contributed by atoms with Gasteiger partial charge in [0.05, 0.1) is 6.04 Å². The minimum Gasteiger partial charge on any atom is -0.479 e. The molecule has 14 heteroatoms. The van der Waals surface area contributed by atoms with Crippen LogP contribution in [-0.4, -0.2) is 88.8 Å². The number of ether oxygens (including phenoxy) is 1. The zero-order valence-electron chi connectivity index (χ0n) is 24.6. The molecule has 0 bridgehead atoms. The Balaban J connectivity index is 1.47. The van der Waals surface area contributed by atoms with Crippen LogP contribution in [0.5, 0.6) is 0 Å². The number of carboxylic acids is 1. The number of alkyl carbamates (subject to hydrolysis) is 1. The molecule has 0 aromatic carbocycles. The van der Waals surface area contributed by atoms with Crippen molar-refractivity contribution in [2.24, 2.45) is 5.92 Å². The van der Waals surface area contributed by atoms with Crippen molar-refractivity contribution in [3.8, 4) is 11.5 Å². The highest BCUT2D eigenvalue weighted by molar-refractivity contribution is 5.96. The van der Waals surface area contributed by atoms with Gasteiger partial charge >= 0.3 is 12.1 Å². The molecule has 3 amide bonds. The maximum atomic E-state index is 14.2. The summed E-state index contributed by atoms with van der Waals surface area (Å²) in [6.07, 6.45) is 8.52. The molecular weight excluding hydrogens is 556 g/mol. The van der Waals surface area contributed by atoms with Gasteiger partial charge in [0.2, 0.25) is 17.6 Å². The van der Waals surface area contributed by atoms with Crippen molar-refractivity contribution in [1.82, 2.24) is 40.7 Å². The van der Waals surface area contributed by atoms with Crippen molar-refractivity contribution in [1.29, 1.82) is 0 Å². The zero-order valence-corrected chi connectivity index (χ0v) is 24.6. The second-order valence-electron chi connectivity index (χ2n) is 12.4. The number of pyridine rings is 1. The predicted molar refractivity (Wildman–Crippen MR) is 152 cm³/mol. The number of carbonyl (C=O) groups excluding carboxylic acids is 3. The molecule has 1 aliphatic carbocycles. The van der Waals surface area contributed by atoms with Gasteiger partial charge in [-0.2, -0.15) is 0 Å². The SMILES string of the molecule is CC(C)(C)OC(=O)N[C@@H]1CCCCC/C=C\[C@@H]2C[C@]2(C(=O)O)NC(=O)[C@@H]2C[C@H](n3nnnc3-c3ccccn3)CN2C1=O. The van der Waals surface area contributed by atoms with Gasteiger partial charge in [0.1, 0.15) is 28.9 Å². The Hall–Kier alpha value is -4.36. The van der Waals surface area contributed by atoms with Crippen molar-refractivity contribution >= 4 is 23.9 Å². The molecule has 5 rings (SSSR count). The Morgan fingerprint density at radius 1 is 1.19 bits per heavy atom. The fourth-order valence-electron chi connectivity index (χ4n) is 5.81. The standard InChI is InChI=1S/C29H38N8O6/c1-28(2,3)43-27(42)31-21-13-8-6-4-5-7-11-18-16-29(18,26(40)41)32-24(38)22-15-19(17-36(22)25(21)39)37-23(33-34-35-37)20-12-9-10-14-30-20/h7,9-12,14,18-19,21-22H,4-6,8,13,15-17H2,1-3H3,(H,31,42)(H,32,38)(H,40,41)/b11-7-/t18-,19+,21-,22+,29+/m1/s1. The Labute approximate surface area is 249 Å². The number of aliphatic carboxylic acids is 1. The van der Waals surface area contributed by atoms with E-state index in [1.807, 2.05) is 12.2 Å². The average Bonchev–Trinajstić information content (AvgIpc) is 3.27. The van der Waals surface area contributed by atoms with Crippen LogP contribution in [0.3, 0.4) is 0 Å². The van der Waals surface area contributed by atoms with Gasteiger partial charge in [-0.1, -0.05) is 31.1 Å². The summed E-state index contributed by atoms with van der Waals surface area (Å²) in [5.74, 6) is -2.11. The quantitative estimate of drug-likeness (QED) is 0.444. The summed E-state index contributed by atoms with van der Waals surface area (Å²) < 4.78 is 6.98. The molecule has 0 spiro atoms. The van der Waals surface area contributed by atoms with Gasteiger partial charge in [0, 0.05) is 25.1 Å². The van der Waals surface area contributed by atoms with E-state index in [2.05, 4.69) is 31.1 Å². The molecule has 1 saturated carbocycles. The Morgan fingerprint density at radius 2 is 2.00 bits per heavy atom. The number of nitrogens with one attached hydrogen (secondary N) is 2. The molecule has 0 radical (unpaired) electrons. The van der Waals surface area contributed by atoms with Crippen LogP contribution in [0.2, 0.25) is 0 Å². The molecule has 14 nitrogen and oxygen atoms in total. The van der Waals surface area contributed by atoms with Gasteiger partial charge in [-0.3, -0.25) is 14.6 Å². The van der Waals surface area contributed by atoms with Gasteiger partial charge in [0.25, 0.3) is 0 Å². The smallest absolute Gasteiger partial charge is 0.408 e. The first-order valence-electron chi connectivity index (χ1n) is 14.7. The minimum atomic E-state index is -1.43. The second kappa shape index (κ2) is 12.1. The number of rotatable bonds is 4. The minimum absolute atomic E-state index is 0.0672. The Kier molecular flexibility index (Phi) is 8.47. The van der Waals surface area contributed by atoms with E-state index in [9.17, 15) is 24.3 Å². The summed E-state index contributed by atoms with van der Waals surface area (Å²) in [5.41, 5.74) is -1.67. The molecule has 0 unspecified atom stereocenters. The van der Waals surface area contributed by atoms with Crippen LogP contribution in [0, 0.1) is 5.92 Å². The number of carboxylic acid groups (broad SMARTS) is 1. The van der Waals surface area contributed by atoms with Crippen LogP contribution in [0.25, 0.3) is 11.5 Å². The Bertz CT molecular complexity index is 1390. The van der Waals surface area contributed by atoms with Gasteiger partial charge in [0.15, 0.2) is 0 Å². The number of fused-ring (bicyclic) bond motifs is 2. The van der Waals surface area contributed by atoms with Crippen LogP contribution in [0.1, 0.15) is 71.8 Å². The number of nitrogens with zero attached hydrogens (tertiary/aromatic N) is 6. The molecule has 3 N–H and O–H groups in total. The lowest BCUT2D eigenvalue weighted by Crippen LogP contribution is -2.56. The van der Waals surface area contributed by atoms with E-state index in [4.69, 9.17) is 4.74 Å². The van der Waals surface area contributed by atoms with Crippen LogP contribution in [-0.2, 0) is 19.1 Å². The summed E-state index contributed by atoms with van der Waals surface area (Å²) in [7, 11) is 0. The van der Waals surface area contributed by atoms with Crippen LogP contribution >= 0.6 is 0 Å². The third-order valence-electron chi connectivity index (χ3n) is 8.06. The van der Waals surface area contributed by atoms with E-state index in [0.29, 0.717) is 24.4 Å². The fraction of sp³-hybridized carbons (Fsp3) is 0.586. The number of carbonyl (C=O) groups is 4. The van der Waals surface area contributed by atoms with Crippen molar-refractivity contribution in [3.63, 3.8) is 0 Å². The van der Waals surface area contributed by atoms with Crippen molar-refractivity contribution in [2.75, 3.05) is 6.54 Å². The highest BCUT2D eigenvalue weighted by atomic mass is 16.6. The van der Waals surface area contributed by atoms with Gasteiger partial charge in [-0.15, -0.1) is 5.10 Å². The lowest BCUT2D eigenvalue weighted by molar-refractivity contribution is -0.145. The van der Waals surface area contributed by atoms with Gasteiger partial charge < -0.3 is 25.4 Å². The van der Waals surface area contributed by atoms with E-state index in [1.165, 1.54) is 4.90 Å². The summed E-state index contributed by atoms with van der Waals surface area (Å²) in [6.45, 7) is 5.27. The molecule has 2 fully saturated rings. The molecule has 230 valence electrons. The first kappa shape index (κ1) is 30.1. The number of tetrazole rings is 1. The van der Waals surface area contributed by atoms with Gasteiger partial charge in [-0.25, -0.2) is 14.3 Å². The largest absolute Gasteiger partial charge is 0.479 e. The molecule has 5 atom stereocenters. The number of hydrogen-bond acceptors (Lipinski definition) is 9. The normalized spacial score (nSPS) is 28.9. The third kappa shape index (κ3) is 6.67. The van der Waals surface area contributed by atoms with E-state index in [0.717, 1.165) is 19.3 Å². The topological polar surface area (TPSA) is 182 Å². The number of aromatic nitrogens is 5. The fourth-order valence-corrected chi connectivity index (χ4v) is 5.81. The van der Waals surface area contributed by atoms with Crippen LogP contribution < -0.4 is 10.6 Å². The summed E-state index contributed by atoms with van der Waals surface area (Å²) >= 11 is 0. The third-order valence-corrected chi connectivity index (χ3v) is 8.06. The summed E-state index contributed by atoms with van der Waals surface area (Å²) in [4.78, 5) is 58.8. The number of allylic oxidation sites excluding steroid dienone is 1. The maximum absolute atomic E-state index is 14.2. The zero-order chi connectivity index (χ0) is 30.8. The molecule has 2 aliphatic heterocycles. The first-order chi connectivity index (χ1) is 20.5. The summed E-state index contributed by atoms with van der Waals surface area (Å²) in [6, 6.07) is 2.85. The van der Waals surface area contributed by atoms with E-state index >= 15 is 0 Å².